The zero-order chi connectivity index (χ0) is 14.3. The van der Waals surface area contributed by atoms with Gasteiger partial charge in [0.1, 0.15) is 11.8 Å². The van der Waals surface area contributed by atoms with E-state index in [2.05, 4.69) is 0 Å². The zero-order valence-electron chi connectivity index (χ0n) is 10.1. The lowest BCUT2D eigenvalue weighted by molar-refractivity contribution is -0.384. The maximum absolute atomic E-state index is 10.0. The molecule has 0 spiro atoms. The van der Waals surface area contributed by atoms with E-state index in [4.69, 9.17) is 15.9 Å². The van der Waals surface area contributed by atoms with E-state index in [9.17, 15) is 14.9 Å². The predicted molar refractivity (Wildman–Crippen MR) is 65.2 cm³/mol. The van der Waals surface area contributed by atoms with Crippen LogP contribution < -0.4 is 5.73 Å². The van der Waals surface area contributed by atoms with Crippen molar-refractivity contribution in [3.05, 3.63) is 34.4 Å². The molecule has 0 unspecified atom stereocenters. The molecule has 18 heavy (non-hydrogen) atoms. The molecule has 0 heterocycles. The average Bonchev–Trinajstić information content (AvgIpc) is 2.29. The van der Waals surface area contributed by atoms with Gasteiger partial charge in [-0.05, 0) is 18.1 Å². The number of nitro groups is 1. The number of non-ortho nitro benzene ring substituents is 1. The summed E-state index contributed by atoms with van der Waals surface area (Å²) in [5.74, 6) is -0.877. The number of benzene rings is 1. The third kappa shape index (κ3) is 5.80. The van der Waals surface area contributed by atoms with Gasteiger partial charge in [0.05, 0.1) is 4.92 Å². The normalized spacial score (nSPS) is 11.3. The first-order chi connectivity index (χ1) is 8.25. The number of rotatable bonds is 3. The van der Waals surface area contributed by atoms with Crippen molar-refractivity contribution in [2.45, 2.75) is 19.9 Å². The number of nitrogens with two attached hydrogens (primary N) is 1. The third-order valence-electron chi connectivity index (χ3n) is 2.06. The quantitative estimate of drug-likeness (QED) is 0.553. The van der Waals surface area contributed by atoms with E-state index < -0.39 is 16.9 Å². The number of hydrogen-bond donors (Lipinski definition) is 3. The van der Waals surface area contributed by atoms with Crippen molar-refractivity contribution >= 4 is 11.7 Å². The van der Waals surface area contributed by atoms with Crippen molar-refractivity contribution in [1.29, 1.82) is 0 Å². The highest BCUT2D eigenvalue weighted by Crippen LogP contribution is 2.14. The van der Waals surface area contributed by atoms with Gasteiger partial charge in [0.15, 0.2) is 0 Å². The average molecular weight is 256 g/mol. The van der Waals surface area contributed by atoms with Crippen LogP contribution in [0.25, 0.3) is 0 Å². The SMILES string of the molecule is CC(C)[C@@H](N)C(=O)O.O=[N+]([O-])c1ccc(O)cc1. The Balaban J connectivity index is 0.000000331. The lowest BCUT2D eigenvalue weighted by atomic mass is 10.1. The minimum Gasteiger partial charge on any atom is -0.508 e. The third-order valence-corrected chi connectivity index (χ3v) is 2.06. The van der Waals surface area contributed by atoms with Gasteiger partial charge in [0.2, 0.25) is 0 Å². The van der Waals surface area contributed by atoms with Crippen LogP contribution >= 0.6 is 0 Å². The molecule has 0 aliphatic rings. The molecule has 1 atom stereocenters. The van der Waals surface area contributed by atoms with Crippen molar-refractivity contribution in [2.75, 3.05) is 0 Å². The Morgan fingerprint density at radius 3 is 2.00 bits per heavy atom. The highest BCUT2D eigenvalue weighted by molar-refractivity contribution is 5.73. The van der Waals surface area contributed by atoms with Crippen LogP contribution in [0, 0.1) is 16.0 Å². The molecule has 7 nitrogen and oxygen atoms in total. The molecule has 0 aromatic heterocycles. The molecule has 0 amide bonds. The Labute approximate surface area is 104 Å². The van der Waals surface area contributed by atoms with Crippen LogP contribution in [0.5, 0.6) is 5.75 Å². The largest absolute Gasteiger partial charge is 0.508 e. The Hall–Kier alpha value is -2.15. The van der Waals surface area contributed by atoms with Crippen molar-refractivity contribution in [1.82, 2.24) is 0 Å². The van der Waals surface area contributed by atoms with Gasteiger partial charge in [-0.25, -0.2) is 0 Å². The monoisotopic (exact) mass is 256 g/mol. The molecule has 0 aliphatic carbocycles. The number of carboxylic acids is 1. The lowest BCUT2D eigenvalue weighted by Crippen LogP contribution is -2.34. The topological polar surface area (TPSA) is 127 Å². The van der Waals surface area contributed by atoms with Crippen LogP contribution in [0.1, 0.15) is 13.8 Å². The molecular weight excluding hydrogens is 240 g/mol. The molecule has 0 saturated heterocycles. The second-order valence-corrected chi connectivity index (χ2v) is 3.88. The summed E-state index contributed by atoms with van der Waals surface area (Å²) < 4.78 is 0. The molecule has 0 fully saturated rings. The van der Waals surface area contributed by atoms with E-state index >= 15 is 0 Å². The molecule has 100 valence electrons. The molecule has 7 heteroatoms. The molecule has 1 rings (SSSR count). The van der Waals surface area contributed by atoms with Crippen LogP contribution in [0.4, 0.5) is 5.69 Å². The van der Waals surface area contributed by atoms with Gasteiger partial charge in [-0.1, -0.05) is 13.8 Å². The molecule has 0 radical (unpaired) electrons. The van der Waals surface area contributed by atoms with Crippen LogP contribution in [0.15, 0.2) is 24.3 Å². The summed E-state index contributed by atoms with van der Waals surface area (Å²) in [6, 6.07) is 4.33. The molecule has 0 bridgehead atoms. The summed E-state index contributed by atoms with van der Waals surface area (Å²) in [5.41, 5.74) is 5.14. The van der Waals surface area contributed by atoms with Crippen molar-refractivity contribution in [2.24, 2.45) is 11.7 Å². The summed E-state index contributed by atoms with van der Waals surface area (Å²) in [4.78, 5) is 19.5. The first-order valence-electron chi connectivity index (χ1n) is 5.17. The van der Waals surface area contributed by atoms with E-state index in [1.165, 1.54) is 24.3 Å². The standard InChI is InChI=1S/C6H5NO3.C5H11NO2/c8-6-3-1-5(2-4-6)7(9)10;1-3(2)4(6)5(7)8/h1-4,8H;3-4H,6H2,1-2H3,(H,7,8)/t;4-/m.1/s1. The number of phenols is 1. The van der Waals surface area contributed by atoms with Gasteiger partial charge in [-0.2, -0.15) is 0 Å². The Kier molecular flexibility index (Phi) is 6.37. The Morgan fingerprint density at radius 1 is 1.33 bits per heavy atom. The highest BCUT2D eigenvalue weighted by atomic mass is 16.6. The van der Waals surface area contributed by atoms with Gasteiger partial charge >= 0.3 is 5.97 Å². The molecule has 0 aliphatic heterocycles. The number of aliphatic carboxylic acids is 1. The van der Waals surface area contributed by atoms with Crippen LogP contribution in [-0.2, 0) is 4.79 Å². The lowest BCUT2D eigenvalue weighted by Gasteiger charge is -2.07. The fourth-order valence-corrected chi connectivity index (χ4v) is 0.860. The maximum atomic E-state index is 10.0. The van der Waals surface area contributed by atoms with Gasteiger partial charge in [-0.3, -0.25) is 14.9 Å². The van der Waals surface area contributed by atoms with E-state index in [1.54, 1.807) is 13.8 Å². The minimum absolute atomic E-state index is 0.0159. The summed E-state index contributed by atoms with van der Waals surface area (Å²) in [6.07, 6.45) is 0. The number of aromatic hydroxyl groups is 1. The van der Waals surface area contributed by atoms with E-state index in [0.29, 0.717) is 0 Å². The van der Waals surface area contributed by atoms with Gasteiger partial charge in [-0.15, -0.1) is 0 Å². The van der Waals surface area contributed by atoms with E-state index in [1.807, 2.05) is 0 Å². The Morgan fingerprint density at radius 2 is 1.78 bits per heavy atom. The van der Waals surface area contributed by atoms with Crippen LogP contribution in [0.2, 0.25) is 0 Å². The number of phenolic OH excluding ortho intramolecular Hbond substituents is 1. The van der Waals surface area contributed by atoms with Crippen LogP contribution in [-0.4, -0.2) is 27.1 Å². The number of carboxylic acid groups (broad SMARTS) is 1. The smallest absolute Gasteiger partial charge is 0.320 e. The summed E-state index contributed by atoms with van der Waals surface area (Å²) in [6.45, 7) is 3.55. The fraction of sp³-hybridized carbons (Fsp3) is 0.364. The minimum atomic E-state index is -0.931. The Bertz CT molecular complexity index is 402. The first kappa shape index (κ1) is 15.9. The van der Waals surface area contributed by atoms with Gasteiger partial charge in [0.25, 0.3) is 5.69 Å². The zero-order valence-corrected chi connectivity index (χ0v) is 10.1. The predicted octanol–water partition coefficient (Wildman–Crippen LogP) is 1.35. The number of nitro benzene ring substituents is 1. The number of nitrogens with zero attached hydrogens (tertiary/aromatic N) is 1. The summed E-state index contributed by atoms with van der Waals surface area (Å²) in [7, 11) is 0. The molecule has 1 aromatic rings. The molecule has 1 aromatic carbocycles. The fourth-order valence-electron chi connectivity index (χ4n) is 0.860. The molecular formula is C11H16N2O5. The second kappa shape index (κ2) is 7.23. The highest BCUT2D eigenvalue weighted by Gasteiger charge is 2.14. The van der Waals surface area contributed by atoms with Gasteiger partial charge in [0, 0.05) is 12.1 Å². The molecule has 0 saturated carbocycles. The maximum Gasteiger partial charge on any atom is 0.320 e. The summed E-state index contributed by atoms with van der Waals surface area (Å²) in [5, 5.41) is 27.0. The molecule has 4 N–H and O–H groups in total. The van der Waals surface area contributed by atoms with Gasteiger partial charge < -0.3 is 15.9 Å². The van der Waals surface area contributed by atoms with E-state index in [0.717, 1.165) is 0 Å². The van der Waals surface area contributed by atoms with E-state index in [-0.39, 0.29) is 17.4 Å². The van der Waals surface area contributed by atoms with Crippen molar-refractivity contribution in [3.63, 3.8) is 0 Å². The van der Waals surface area contributed by atoms with Crippen LogP contribution in [0.3, 0.4) is 0 Å². The second-order valence-electron chi connectivity index (χ2n) is 3.88. The first-order valence-corrected chi connectivity index (χ1v) is 5.17. The summed E-state index contributed by atoms with van der Waals surface area (Å²) >= 11 is 0. The number of hydrogen-bond acceptors (Lipinski definition) is 5. The van der Waals surface area contributed by atoms with Crippen molar-refractivity contribution in [3.8, 4) is 5.75 Å². The van der Waals surface area contributed by atoms with Crippen molar-refractivity contribution < 1.29 is 19.9 Å². The number of carbonyl (C=O) groups is 1.